The summed E-state index contributed by atoms with van der Waals surface area (Å²) in [5.74, 6) is 0. The SMILES string of the molecule is CC(C)(C)NC1CC2(COC2)C1. The lowest BCUT2D eigenvalue weighted by Crippen LogP contribution is -2.61. The van der Waals surface area contributed by atoms with Crippen LogP contribution in [0.15, 0.2) is 0 Å². The molecule has 0 bridgehead atoms. The Bertz CT molecular complexity index is 171. The number of hydrogen-bond donors (Lipinski definition) is 1. The molecule has 1 N–H and O–H groups in total. The third-order valence-corrected chi connectivity index (χ3v) is 2.81. The highest BCUT2D eigenvalue weighted by Crippen LogP contribution is 2.47. The Morgan fingerprint density at radius 2 is 1.83 bits per heavy atom. The zero-order chi connectivity index (χ0) is 8.82. The molecular formula is C10H19NO. The van der Waals surface area contributed by atoms with Crippen LogP contribution in [-0.2, 0) is 4.74 Å². The van der Waals surface area contributed by atoms with E-state index in [4.69, 9.17) is 4.74 Å². The molecule has 2 rings (SSSR count). The van der Waals surface area contributed by atoms with Crippen LogP contribution in [0.25, 0.3) is 0 Å². The van der Waals surface area contributed by atoms with Gasteiger partial charge in [0.25, 0.3) is 0 Å². The van der Waals surface area contributed by atoms with Crippen molar-refractivity contribution in [2.45, 2.75) is 45.2 Å². The molecule has 2 aliphatic rings. The summed E-state index contributed by atoms with van der Waals surface area (Å²) in [6.45, 7) is 8.71. The minimum Gasteiger partial charge on any atom is -0.380 e. The molecule has 0 aromatic carbocycles. The zero-order valence-electron chi connectivity index (χ0n) is 8.31. The van der Waals surface area contributed by atoms with Gasteiger partial charge in [-0.2, -0.15) is 0 Å². The first kappa shape index (κ1) is 8.52. The molecular weight excluding hydrogens is 150 g/mol. The summed E-state index contributed by atoms with van der Waals surface area (Å²) in [4.78, 5) is 0. The lowest BCUT2D eigenvalue weighted by Gasteiger charge is -2.54. The van der Waals surface area contributed by atoms with E-state index >= 15 is 0 Å². The molecule has 0 aromatic heterocycles. The van der Waals surface area contributed by atoms with E-state index < -0.39 is 0 Å². The van der Waals surface area contributed by atoms with Crippen molar-refractivity contribution in [3.63, 3.8) is 0 Å². The Balaban J connectivity index is 1.74. The molecule has 0 aromatic rings. The van der Waals surface area contributed by atoms with E-state index in [2.05, 4.69) is 26.1 Å². The highest BCUT2D eigenvalue weighted by molar-refractivity contribution is 5.02. The second-order valence-electron chi connectivity index (χ2n) is 5.49. The van der Waals surface area contributed by atoms with Crippen molar-refractivity contribution in [2.24, 2.45) is 5.41 Å². The van der Waals surface area contributed by atoms with Gasteiger partial charge in [-0.1, -0.05) is 0 Å². The highest BCUT2D eigenvalue weighted by atomic mass is 16.5. The molecule has 1 spiro atoms. The first-order valence-electron chi connectivity index (χ1n) is 4.85. The Labute approximate surface area is 74.7 Å². The van der Waals surface area contributed by atoms with E-state index in [-0.39, 0.29) is 5.54 Å². The number of nitrogens with one attached hydrogen (secondary N) is 1. The Morgan fingerprint density at radius 3 is 2.17 bits per heavy atom. The normalized spacial score (nSPS) is 28.2. The van der Waals surface area contributed by atoms with E-state index in [1.54, 1.807) is 0 Å². The molecule has 0 atom stereocenters. The van der Waals surface area contributed by atoms with Crippen molar-refractivity contribution in [3.8, 4) is 0 Å². The topological polar surface area (TPSA) is 21.3 Å². The van der Waals surface area contributed by atoms with Crippen LogP contribution in [0.2, 0.25) is 0 Å². The molecule has 1 heterocycles. The first-order valence-corrected chi connectivity index (χ1v) is 4.85. The second kappa shape index (κ2) is 2.46. The Kier molecular flexibility index (Phi) is 1.74. The Hall–Kier alpha value is -0.0800. The number of ether oxygens (including phenoxy) is 1. The maximum absolute atomic E-state index is 5.23. The summed E-state index contributed by atoms with van der Waals surface area (Å²) in [6.07, 6.45) is 2.65. The average molecular weight is 169 g/mol. The molecule has 12 heavy (non-hydrogen) atoms. The van der Waals surface area contributed by atoms with Gasteiger partial charge in [-0.05, 0) is 33.6 Å². The predicted octanol–water partition coefficient (Wildman–Crippen LogP) is 1.55. The second-order valence-corrected chi connectivity index (χ2v) is 5.49. The largest absolute Gasteiger partial charge is 0.380 e. The molecule has 2 nitrogen and oxygen atoms in total. The molecule has 70 valence electrons. The molecule has 2 heteroatoms. The predicted molar refractivity (Wildman–Crippen MR) is 49.2 cm³/mol. The minimum absolute atomic E-state index is 0.275. The van der Waals surface area contributed by atoms with Gasteiger partial charge in [0.15, 0.2) is 0 Å². The van der Waals surface area contributed by atoms with Gasteiger partial charge < -0.3 is 10.1 Å². The molecule has 1 saturated carbocycles. The summed E-state index contributed by atoms with van der Waals surface area (Å²) in [5.41, 5.74) is 0.875. The van der Waals surface area contributed by atoms with Gasteiger partial charge in [-0.25, -0.2) is 0 Å². The van der Waals surface area contributed by atoms with E-state index in [0.717, 1.165) is 19.3 Å². The molecule has 1 aliphatic heterocycles. The number of hydrogen-bond acceptors (Lipinski definition) is 2. The lowest BCUT2D eigenvalue weighted by molar-refractivity contribution is -0.169. The average Bonchev–Trinajstić information content (AvgIpc) is 1.69. The maximum Gasteiger partial charge on any atom is 0.0545 e. The van der Waals surface area contributed by atoms with Crippen molar-refractivity contribution in [2.75, 3.05) is 13.2 Å². The van der Waals surface area contributed by atoms with E-state index in [0.29, 0.717) is 5.41 Å². The highest BCUT2D eigenvalue weighted by Gasteiger charge is 2.50. The fourth-order valence-corrected chi connectivity index (χ4v) is 2.33. The van der Waals surface area contributed by atoms with Gasteiger partial charge in [0, 0.05) is 17.0 Å². The third kappa shape index (κ3) is 1.50. The van der Waals surface area contributed by atoms with Crippen LogP contribution in [-0.4, -0.2) is 24.8 Å². The summed E-state index contributed by atoms with van der Waals surface area (Å²) in [5, 5.41) is 3.62. The van der Waals surface area contributed by atoms with Crippen LogP contribution in [0, 0.1) is 5.41 Å². The smallest absolute Gasteiger partial charge is 0.0545 e. The standard InChI is InChI=1S/C10H19NO/c1-9(2,3)11-8-4-10(5-8)6-12-7-10/h8,11H,4-7H2,1-3H3. The first-order chi connectivity index (χ1) is 5.49. The number of rotatable bonds is 1. The van der Waals surface area contributed by atoms with E-state index in [1.807, 2.05) is 0 Å². The molecule has 1 saturated heterocycles. The quantitative estimate of drug-likeness (QED) is 0.643. The van der Waals surface area contributed by atoms with Crippen LogP contribution >= 0.6 is 0 Å². The van der Waals surface area contributed by atoms with Gasteiger partial charge in [-0.3, -0.25) is 0 Å². The molecule has 0 radical (unpaired) electrons. The van der Waals surface area contributed by atoms with E-state index in [1.165, 1.54) is 12.8 Å². The zero-order valence-corrected chi connectivity index (χ0v) is 8.31. The van der Waals surface area contributed by atoms with Gasteiger partial charge in [-0.15, -0.1) is 0 Å². The van der Waals surface area contributed by atoms with Crippen molar-refractivity contribution in [1.82, 2.24) is 5.32 Å². The summed E-state index contributed by atoms with van der Waals surface area (Å²) < 4.78 is 5.23. The summed E-state index contributed by atoms with van der Waals surface area (Å²) >= 11 is 0. The van der Waals surface area contributed by atoms with Crippen molar-refractivity contribution in [3.05, 3.63) is 0 Å². The molecule has 0 unspecified atom stereocenters. The summed E-state index contributed by atoms with van der Waals surface area (Å²) in [6, 6.07) is 0.744. The fraction of sp³-hybridized carbons (Fsp3) is 1.00. The van der Waals surface area contributed by atoms with Gasteiger partial charge >= 0.3 is 0 Å². The lowest BCUT2D eigenvalue weighted by atomic mass is 9.64. The van der Waals surface area contributed by atoms with Crippen LogP contribution in [0.1, 0.15) is 33.6 Å². The molecule has 0 amide bonds. The van der Waals surface area contributed by atoms with Gasteiger partial charge in [0.2, 0.25) is 0 Å². The molecule has 2 fully saturated rings. The third-order valence-electron chi connectivity index (χ3n) is 2.81. The van der Waals surface area contributed by atoms with Crippen LogP contribution in [0.5, 0.6) is 0 Å². The minimum atomic E-state index is 0.275. The monoisotopic (exact) mass is 169 g/mol. The van der Waals surface area contributed by atoms with Crippen molar-refractivity contribution >= 4 is 0 Å². The fourth-order valence-electron chi connectivity index (χ4n) is 2.33. The van der Waals surface area contributed by atoms with E-state index in [9.17, 15) is 0 Å². The summed E-state index contributed by atoms with van der Waals surface area (Å²) in [7, 11) is 0. The Morgan fingerprint density at radius 1 is 1.25 bits per heavy atom. The molecule has 1 aliphatic carbocycles. The van der Waals surface area contributed by atoms with Crippen LogP contribution in [0.4, 0.5) is 0 Å². The maximum atomic E-state index is 5.23. The van der Waals surface area contributed by atoms with Crippen LogP contribution < -0.4 is 5.32 Å². The van der Waals surface area contributed by atoms with Gasteiger partial charge in [0.05, 0.1) is 13.2 Å². The van der Waals surface area contributed by atoms with Gasteiger partial charge in [0.1, 0.15) is 0 Å². The van der Waals surface area contributed by atoms with Crippen LogP contribution in [0.3, 0.4) is 0 Å². The van der Waals surface area contributed by atoms with Crippen molar-refractivity contribution < 1.29 is 4.74 Å². The van der Waals surface area contributed by atoms with Crippen molar-refractivity contribution in [1.29, 1.82) is 0 Å².